The second-order valence-corrected chi connectivity index (χ2v) is 5.88. The highest BCUT2D eigenvalue weighted by Crippen LogP contribution is 2.21. The van der Waals surface area contributed by atoms with Crippen LogP contribution in [0.25, 0.3) is 0 Å². The highest BCUT2D eigenvalue weighted by atomic mass is 32.2. The minimum absolute atomic E-state index is 0.0172. The molecule has 0 atom stereocenters. The third kappa shape index (κ3) is 2.54. The standard InChI is InChI=1S/C11H15FN2O3S/c12-10-1-2-11(9(7-10)8-13)18(15,16)14-3-5-17-6-4-14/h1-2,7H,3-6,8,13H2. The number of halogens is 1. The molecule has 5 nitrogen and oxygen atoms in total. The fraction of sp³-hybridized carbons (Fsp3) is 0.455. The van der Waals surface area contributed by atoms with Crippen molar-refractivity contribution in [1.29, 1.82) is 0 Å². The van der Waals surface area contributed by atoms with Crippen LogP contribution in [0.3, 0.4) is 0 Å². The van der Waals surface area contributed by atoms with Crippen LogP contribution >= 0.6 is 0 Å². The third-order valence-electron chi connectivity index (χ3n) is 2.83. The van der Waals surface area contributed by atoms with Crippen molar-refractivity contribution in [1.82, 2.24) is 4.31 Å². The van der Waals surface area contributed by atoms with Crippen LogP contribution in [0, 0.1) is 5.82 Å². The summed E-state index contributed by atoms with van der Waals surface area (Å²) < 4.78 is 44.3. The fourth-order valence-corrected chi connectivity index (χ4v) is 3.51. The Morgan fingerprint density at radius 1 is 1.33 bits per heavy atom. The smallest absolute Gasteiger partial charge is 0.243 e. The summed E-state index contributed by atoms with van der Waals surface area (Å²) in [4.78, 5) is 0.0771. The summed E-state index contributed by atoms with van der Waals surface area (Å²) in [6, 6.07) is 3.56. The lowest BCUT2D eigenvalue weighted by Gasteiger charge is -2.26. The van der Waals surface area contributed by atoms with E-state index in [1.807, 2.05) is 0 Å². The van der Waals surface area contributed by atoms with Gasteiger partial charge in [-0.15, -0.1) is 0 Å². The van der Waals surface area contributed by atoms with Crippen LogP contribution in [0.4, 0.5) is 4.39 Å². The molecule has 0 bridgehead atoms. The predicted molar refractivity (Wildman–Crippen MR) is 63.9 cm³/mol. The largest absolute Gasteiger partial charge is 0.379 e. The first-order valence-electron chi connectivity index (χ1n) is 5.62. The third-order valence-corrected chi connectivity index (χ3v) is 4.83. The summed E-state index contributed by atoms with van der Waals surface area (Å²) in [5.74, 6) is -0.489. The van der Waals surface area contributed by atoms with E-state index in [0.717, 1.165) is 12.1 Å². The average Bonchev–Trinajstić information content (AvgIpc) is 2.39. The number of hydrogen-bond donors (Lipinski definition) is 1. The van der Waals surface area contributed by atoms with Crippen molar-refractivity contribution in [2.24, 2.45) is 5.73 Å². The number of ether oxygens (including phenoxy) is 1. The number of nitrogens with zero attached hydrogens (tertiary/aromatic N) is 1. The van der Waals surface area contributed by atoms with Crippen LogP contribution in [0.1, 0.15) is 5.56 Å². The molecule has 1 aliphatic heterocycles. The summed E-state index contributed by atoms with van der Waals surface area (Å²) in [6.07, 6.45) is 0. The van der Waals surface area contributed by atoms with Gasteiger partial charge < -0.3 is 10.5 Å². The maximum atomic E-state index is 13.1. The van der Waals surface area contributed by atoms with E-state index < -0.39 is 15.8 Å². The molecule has 0 aromatic heterocycles. The van der Waals surface area contributed by atoms with Crippen LogP contribution in [0.15, 0.2) is 23.1 Å². The van der Waals surface area contributed by atoms with Gasteiger partial charge in [-0.05, 0) is 23.8 Å². The van der Waals surface area contributed by atoms with Crippen molar-refractivity contribution < 1.29 is 17.5 Å². The van der Waals surface area contributed by atoms with Gasteiger partial charge in [-0.2, -0.15) is 4.31 Å². The highest BCUT2D eigenvalue weighted by molar-refractivity contribution is 7.89. The number of nitrogens with two attached hydrogens (primary N) is 1. The van der Waals surface area contributed by atoms with E-state index in [0.29, 0.717) is 31.9 Å². The molecule has 1 aromatic carbocycles. The summed E-state index contributed by atoms with van der Waals surface area (Å²) >= 11 is 0. The molecule has 0 aliphatic carbocycles. The fourth-order valence-electron chi connectivity index (χ4n) is 1.89. The van der Waals surface area contributed by atoms with Crippen LogP contribution in [-0.2, 0) is 21.3 Å². The monoisotopic (exact) mass is 274 g/mol. The Morgan fingerprint density at radius 2 is 2.00 bits per heavy atom. The Morgan fingerprint density at radius 3 is 2.61 bits per heavy atom. The molecule has 0 spiro atoms. The van der Waals surface area contributed by atoms with E-state index in [9.17, 15) is 12.8 Å². The van der Waals surface area contributed by atoms with Crippen LogP contribution < -0.4 is 5.73 Å². The van der Waals surface area contributed by atoms with Gasteiger partial charge in [0.05, 0.1) is 18.1 Å². The van der Waals surface area contributed by atoms with Crippen molar-refractivity contribution in [3.63, 3.8) is 0 Å². The van der Waals surface area contributed by atoms with E-state index in [-0.39, 0.29) is 11.4 Å². The minimum Gasteiger partial charge on any atom is -0.379 e. The highest BCUT2D eigenvalue weighted by Gasteiger charge is 2.28. The second-order valence-electron chi connectivity index (χ2n) is 3.97. The van der Waals surface area contributed by atoms with Gasteiger partial charge in [0.25, 0.3) is 0 Å². The van der Waals surface area contributed by atoms with Gasteiger partial charge in [0, 0.05) is 19.6 Å². The number of rotatable bonds is 3. The van der Waals surface area contributed by atoms with Gasteiger partial charge in [-0.25, -0.2) is 12.8 Å². The van der Waals surface area contributed by atoms with Crippen molar-refractivity contribution in [2.75, 3.05) is 26.3 Å². The van der Waals surface area contributed by atoms with Crippen LogP contribution in [-0.4, -0.2) is 39.0 Å². The Bertz CT molecular complexity index is 527. The lowest BCUT2D eigenvalue weighted by molar-refractivity contribution is 0.0730. The SMILES string of the molecule is NCc1cc(F)ccc1S(=O)(=O)N1CCOCC1. The van der Waals surface area contributed by atoms with E-state index in [2.05, 4.69) is 0 Å². The zero-order valence-corrected chi connectivity index (χ0v) is 10.6. The first-order valence-corrected chi connectivity index (χ1v) is 7.06. The number of sulfonamides is 1. The minimum atomic E-state index is -3.61. The molecule has 2 rings (SSSR count). The topological polar surface area (TPSA) is 72.6 Å². The molecule has 18 heavy (non-hydrogen) atoms. The number of morpholine rings is 1. The van der Waals surface area contributed by atoms with Crippen LogP contribution in [0.5, 0.6) is 0 Å². The quantitative estimate of drug-likeness (QED) is 0.860. The molecule has 100 valence electrons. The van der Waals surface area contributed by atoms with Crippen molar-refractivity contribution in [3.8, 4) is 0 Å². The lowest BCUT2D eigenvalue weighted by Crippen LogP contribution is -2.41. The van der Waals surface area contributed by atoms with Crippen LogP contribution in [0.2, 0.25) is 0 Å². The molecule has 7 heteroatoms. The molecular weight excluding hydrogens is 259 g/mol. The van der Waals surface area contributed by atoms with Gasteiger partial charge in [-0.1, -0.05) is 0 Å². The Hall–Kier alpha value is -1.02. The number of benzene rings is 1. The van der Waals surface area contributed by atoms with Gasteiger partial charge >= 0.3 is 0 Å². The van der Waals surface area contributed by atoms with Crippen molar-refractivity contribution in [2.45, 2.75) is 11.4 Å². The van der Waals surface area contributed by atoms with E-state index in [4.69, 9.17) is 10.5 Å². The molecule has 1 saturated heterocycles. The first kappa shape index (κ1) is 13.4. The van der Waals surface area contributed by atoms with Crippen molar-refractivity contribution >= 4 is 10.0 Å². The van der Waals surface area contributed by atoms with Gasteiger partial charge in [0.1, 0.15) is 5.82 Å². The molecule has 0 unspecified atom stereocenters. The van der Waals surface area contributed by atoms with Crippen molar-refractivity contribution in [3.05, 3.63) is 29.6 Å². The first-order chi connectivity index (χ1) is 8.55. The maximum Gasteiger partial charge on any atom is 0.243 e. The van der Waals surface area contributed by atoms with Gasteiger partial charge in [0.15, 0.2) is 0 Å². The molecule has 0 saturated carbocycles. The summed E-state index contributed by atoms with van der Waals surface area (Å²) in [7, 11) is -3.61. The molecule has 1 fully saturated rings. The lowest BCUT2D eigenvalue weighted by atomic mass is 10.2. The Balaban J connectivity index is 2.40. The van der Waals surface area contributed by atoms with Gasteiger partial charge in [0.2, 0.25) is 10.0 Å². The van der Waals surface area contributed by atoms with E-state index in [1.165, 1.54) is 10.4 Å². The maximum absolute atomic E-state index is 13.1. The summed E-state index contributed by atoms with van der Waals surface area (Å²) in [6.45, 7) is 1.35. The molecule has 2 N–H and O–H groups in total. The van der Waals surface area contributed by atoms with Gasteiger partial charge in [-0.3, -0.25) is 0 Å². The zero-order chi connectivity index (χ0) is 13.2. The van der Waals surface area contributed by atoms with E-state index >= 15 is 0 Å². The zero-order valence-electron chi connectivity index (χ0n) is 9.80. The molecule has 1 aromatic rings. The second kappa shape index (κ2) is 5.31. The Kier molecular flexibility index (Phi) is 3.96. The average molecular weight is 274 g/mol. The molecule has 1 aliphatic rings. The molecule has 0 amide bonds. The molecular formula is C11H15FN2O3S. The Labute approximate surface area is 105 Å². The van der Waals surface area contributed by atoms with E-state index in [1.54, 1.807) is 0 Å². The number of hydrogen-bond acceptors (Lipinski definition) is 4. The molecule has 0 radical (unpaired) electrons. The summed E-state index contributed by atoms with van der Waals surface area (Å²) in [5.41, 5.74) is 5.76. The normalized spacial score (nSPS) is 17.9. The predicted octanol–water partition coefficient (Wildman–Crippen LogP) is 0.305. The molecule has 1 heterocycles. The summed E-state index contributed by atoms with van der Waals surface area (Å²) in [5, 5.41) is 0.